The van der Waals surface area contributed by atoms with Gasteiger partial charge in [-0.3, -0.25) is 5.84 Å². The second-order valence-electron chi connectivity index (χ2n) is 6.02. The maximum Gasteiger partial charge on any atom is 0.0382 e. The molecule has 0 aliphatic heterocycles. The summed E-state index contributed by atoms with van der Waals surface area (Å²) in [4.78, 5) is 0. The first-order valence-corrected chi connectivity index (χ1v) is 7.30. The van der Waals surface area contributed by atoms with Crippen LogP contribution in [0.1, 0.15) is 42.9 Å². The number of nitrogens with zero attached hydrogens (tertiary/aromatic N) is 1. The molecule has 0 bridgehead atoms. The fourth-order valence-electron chi connectivity index (χ4n) is 3.22. The summed E-state index contributed by atoms with van der Waals surface area (Å²) in [5, 5.41) is 1.73. The van der Waals surface area contributed by atoms with Gasteiger partial charge in [0, 0.05) is 13.6 Å². The highest BCUT2D eigenvalue weighted by Crippen LogP contribution is 2.34. The third kappa shape index (κ3) is 3.68. The number of hydrogen-bond donors (Lipinski definition) is 1. The van der Waals surface area contributed by atoms with E-state index < -0.39 is 0 Å². The van der Waals surface area contributed by atoms with Gasteiger partial charge in [0.2, 0.25) is 0 Å². The molecule has 1 aliphatic rings. The van der Waals surface area contributed by atoms with Crippen molar-refractivity contribution in [3.05, 3.63) is 41.5 Å². The van der Waals surface area contributed by atoms with Crippen LogP contribution in [-0.2, 0) is 13.0 Å². The van der Waals surface area contributed by atoms with Gasteiger partial charge in [0.25, 0.3) is 0 Å². The Morgan fingerprint density at radius 1 is 1.42 bits per heavy atom. The van der Waals surface area contributed by atoms with E-state index in [0.29, 0.717) is 0 Å². The van der Waals surface area contributed by atoms with Crippen LogP contribution in [-0.4, -0.2) is 12.1 Å². The van der Waals surface area contributed by atoms with E-state index in [9.17, 15) is 0 Å². The molecule has 0 amide bonds. The number of rotatable bonds is 5. The Labute approximate surface area is 117 Å². The molecule has 0 heterocycles. The summed E-state index contributed by atoms with van der Waals surface area (Å²) in [7, 11) is 1.90. The molecule has 104 valence electrons. The summed E-state index contributed by atoms with van der Waals surface area (Å²) >= 11 is 0. The van der Waals surface area contributed by atoms with Crippen LogP contribution in [0.15, 0.2) is 24.8 Å². The summed E-state index contributed by atoms with van der Waals surface area (Å²) in [6, 6.07) is 6.74. The Hall–Kier alpha value is -1.12. The zero-order valence-electron chi connectivity index (χ0n) is 12.2. The highest BCUT2D eigenvalue weighted by Gasteiger charge is 2.23. The lowest BCUT2D eigenvalue weighted by Gasteiger charge is -2.18. The molecule has 2 unspecified atom stereocenters. The van der Waals surface area contributed by atoms with Crippen molar-refractivity contribution in [3.63, 3.8) is 0 Å². The van der Waals surface area contributed by atoms with Gasteiger partial charge in [-0.25, -0.2) is 5.01 Å². The molecule has 1 fully saturated rings. The van der Waals surface area contributed by atoms with Crippen LogP contribution in [0.4, 0.5) is 0 Å². The predicted octanol–water partition coefficient (Wildman–Crippen LogP) is 3.61. The van der Waals surface area contributed by atoms with Gasteiger partial charge in [0.15, 0.2) is 0 Å². The van der Waals surface area contributed by atoms with Crippen molar-refractivity contribution in [2.45, 2.75) is 39.2 Å². The molecule has 2 rings (SSSR count). The van der Waals surface area contributed by atoms with E-state index in [2.05, 4.69) is 31.7 Å². The molecule has 1 aromatic carbocycles. The van der Waals surface area contributed by atoms with Crippen LogP contribution in [0, 0.1) is 11.8 Å². The summed E-state index contributed by atoms with van der Waals surface area (Å²) < 4.78 is 0. The minimum absolute atomic E-state index is 0.773. The summed E-state index contributed by atoms with van der Waals surface area (Å²) in [5.74, 6) is 7.52. The lowest BCUT2D eigenvalue weighted by atomic mass is 9.89. The molecule has 0 radical (unpaired) electrons. The van der Waals surface area contributed by atoms with Crippen LogP contribution in [0.25, 0.3) is 6.08 Å². The first-order chi connectivity index (χ1) is 9.10. The second kappa shape index (κ2) is 6.36. The lowest BCUT2D eigenvalue weighted by molar-refractivity contribution is 0.341. The second-order valence-corrected chi connectivity index (χ2v) is 6.02. The van der Waals surface area contributed by atoms with Gasteiger partial charge >= 0.3 is 0 Å². The Balaban J connectivity index is 2.15. The molecular formula is C17H26N2. The quantitative estimate of drug-likeness (QED) is 0.645. The first kappa shape index (κ1) is 14.3. The molecule has 19 heavy (non-hydrogen) atoms. The molecule has 1 saturated carbocycles. The maximum atomic E-state index is 5.78. The minimum Gasteiger partial charge on any atom is -0.269 e. The monoisotopic (exact) mass is 258 g/mol. The average molecular weight is 258 g/mol. The van der Waals surface area contributed by atoms with E-state index in [0.717, 1.165) is 18.4 Å². The van der Waals surface area contributed by atoms with Gasteiger partial charge in [-0.15, -0.1) is 0 Å². The van der Waals surface area contributed by atoms with Crippen LogP contribution >= 0.6 is 0 Å². The molecule has 2 heteroatoms. The van der Waals surface area contributed by atoms with Crippen molar-refractivity contribution in [2.75, 3.05) is 7.05 Å². The molecule has 2 nitrogen and oxygen atoms in total. The van der Waals surface area contributed by atoms with E-state index in [1.165, 1.54) is 42.4 Å². The maximum absolute atomic E-state index is 5.78. The van der Waals surface area contributed by atoms with Gasteiger partial charge in [-0.1, -0.05) is 50.6 Å². The van der Waals surface area contributed by atoms with Crippen LogP contribution in [0.2, 0.25) is 0 Å². The predicted molar refractivity (Wildman–Crippen MR) is 82.4 cm³/mol. The van der Waals surface area contributed by atoms with Crippen molar-refractivity contribution >= 4 is 6.08 Å². The van der Waals surface area contributed by atoms with Crippen molar-refractivity contribution < 1.29 is 0 Å². The number of nitrogens with two attached hydrogens (primary N) is 1. The molecular weight excluding hydrogens is 232 g/mol. The summed E-state index contributed by atoms with van der Waals surface area (Å²) in [6.07, 6.45) is 7.31. The van der Waals surface area contributed by atoms with E-state index in [-0.39, 0.29) is 0 Å². The molecule has 0 aromatic heterocycles. The van der Waals surface area contributed by atoms with Gasteiger partial charge in [-0.2, -0.15) is 0 Å². The van der Waals surface area contributed by atoms with Crippen LogP contribution < -0.4 is 5.84 Å². The minimum atomic E-state index is 0.773. The van der Waals surface area contributed by atoms with Gasteiger partial charge in [0.1, 0.15) is 0 Å². The molecule has 1 aromatic rings. The largest absolute Gasteiger partial charge is 0.269 e. The van der Waals surface area contributed by atoms with Gasteiger partial charge in [0.05, 0.1) is 0 Å². The van der Waals surface area contributed by atoms with Crippen molar-refractivity contribution in [1.29, 1.82) is 0 Å². The third-order valence-corrected chi connectivity index (χ3v) is 4.38. The Kier molecular flexibility index (Phi) is 4.78. The number of benzene rings is 1. The summed E-state index contributed by atoms with van der Waals surface area (Å²) in [6.45, 7) is 7.05. The lowest BCUT2D eigenvalue weighted by Crippen LogP contribution is -2.25. The fourth-order valence-corrected chi connectivity index (χ4v) is 3.22. The highest BCUT2D eigenvalue weighted by molar-refractivity contribution is 5.53. The molecule has 0 spiro atoms. The number of hydrazine groups is 1. The summed E-state index contributed by atoms with van der Waals surface area (Å²) in [5.41, 5.74) is 3.92. The Bertz CT molecular complexity index is 437. The van der Waals surface area contributed by atoms with E-state index in [4.69, 9.17) is 5.84 Å². The Morgan fingerprint density at radius 2 is 2.21 bits per heavy atom. The van der Waals surface area contributed by atoms with Crippen molar-refractivity contribution in [3.8, 4) is 0 Å². The van der Waals surface area contributed by atoms with Crippen molar-refractivity contribution in [1.82, 2.24) is 5.01 Å². The molecule has 2 atom stereocenters. The SMILES string of the molecule is C=Cc1ccc(CC2CCCC2C)cc1CN(C)N. The van der Waals surface area contributed by atoms with Gasteiger partial charge in [-0.05, 0) is 41.4 Å². The third-order valence-electron chi connectivity index (χ3n) is 4.38. The van der Waals surface area contributed by atoms with Crippen LogP contribution in [0.5, 0.6) is 0 Å². The van der Waals surface area contributed by atoms with E-state index >= 15 is 0 Å². The number of hydrogen-bond acceptors (Lipinski definition) is 2. The van der Waals surface area contributed by atoms with E-state index in [1.54, 1.807) is 5.01 Å². The standard InChI is InChI=1S/C17H26N2/c1-4-15-9-8-14(11-17(15)12-19(3)18)10-16-7-5-6-13(16)2/h4,8-9,11,13,16H,1,5-7,10,12,18H2,2-3H3. The van der Waals surface area contributed by atoms with E-state index in [1.807, 2.05) is 13.1 Å². The molecule has 0 saturated heterocycles. The zero-order chi connectivity index (χ0) is 13.8. The molecule has 1 aliphatic carbocycles. The van der Waals surface area contributed by atoms with Crippen molar-refractivity contribution in [2.24, 2.45) is 17.7 Å². The smallest absolute Gasteiger partial charge is 0.0382 e. The zero-order valence-corrected chi connectivity index (χ0v) is 12.2. The van der Waals surface area contributed by atoms with Gasteiger partial charge < -0.3 is 0 Å². The first-order valence-electron chi connectivity index (χ1n) is 7.30. The van der Waals surface area contributed by atoms with Crippen LogP contribution in [0.3, 0.4) is 0 Å². The normalized spacial score (nSPS) is 22.9. The Morgan fingerprint density at radius 3 is 2.79 bits per heavy atom. The topological polar surface area (TPSA) is 29.3 Å². The fraction of sp³-hybridized carbons (Fsp3) is 0.529. The average Bonchev–Trinajstić information content (AvgIpc) is 2.75. The highest BCUT2D eigenvalue weighted by atomic mass is 15.4. The molecule has 2 N–H and O–H groups in total.